The van der Waals surface area contributed by atoms with E-state index in [0.29, 0.717) is 11.7 Å². The fourth-order valence-corrected chi connectivity index (χ4v) is 4.26. The van der Waals surface area contributed by atoms with Crippen LogP contribution in [0.5, 0.6) is 0 Å². The molecule has 0 aliphatic heterocycles. The molecule has 2 atom stereocenters. The molecule has 2 unspecified atom stereocenters. The van der Waals surface area contributed by atoms with Crippen LogP contribution in [0.4, 0.5) is 0 Å². The Morgan fingerprint density at radius 2 is 1.88 bits per heavy atom. The molecule has 0 radical (unpaired) electrons. The second-order valence-corrected chi connectivity index (χ2v) is 8.89. The zero-order chi connectivity index (χ0) is 18.9. The number of rotatable bonds is 8. The van der Waals surface area contributed by atoms with E-state index >= 15 is 0 Å². The van der Waals surface area contributed by atoms with E-state index in [2.05, 4.69) is 19.8 Å². The standard InChI is InChI=1S/C17H25N5O3S/c1-11(2)15(21-26(23,24)22(4)12(3)13-5-6-13)17-19-16(20-25-17)14-7-9-18-10-8-14/h7-13,15,21H,5-6H2,1-4H3. The zero-order valence-electron chi connectivity index (χ0n) is 15.5. The lowest BCUT2D eigenvalue weighted by atomic mass is 10.1. The van der Waals surface area contributed by atoms with Gasteiger partial charge in [-0.1, -0.05) is 19.0 Å². The largest absolute Gasteiger partial charge is 0.337 e. The second-order valence-electron chi connectivity index (χ2n) is 7.13. The van der Waals surface area contributed by atoms with Crippen LogP contribution in [0.15, 0.2) is 29.0 Å². The van der Waals surface area contributed by atoms with Gasteiger partial charge in [0.25, 0.3) is 10.2 Å². The van der Waals surface area contributed by atoms with Crippen LogP contribution < -0.4 is 4.72 Å². The lowest BCUT2D eigenvalue weighted by Crippen LogP contribution is -2.46. The van der Waals surface area contributed by atoms with Crippen molar-refractivity contribution in [2.24, 2.45) is 11.8 Å². The highest BCUT2D eigenvalue weighted by atomic mass is 32.2. The molecule has 2 aromatic rings. The highest BCUT2D eigenvalue weighted by Gasteiger charge is 2.37. The van der Waals surface area contributed by atoms with Gasteiger partial charge in [0, 0.05) is 31.0 Å². The van der Waals surface area contributed by atoms with Gasteiger partial charge in [0.2, 0.25) is 11.7 Å². The number of pyridine rings is 1. The summed E-state index contributed by atoms with van der Waals surface area (Å²) in [6.07, 6.45) is 5.44. The van der Waals surface area contributed by atoms with Gasteiger partial charge in [-0.2, -0.15) is 22.4 Å². The molecule has 8 nitrogen and oxygen atoms in total. The predicted molar refractivity (Wildman–Crippen MR) is 97.1 cm³/mol. The number of hydrogen-bond donors (Lipinski definition) is 1. The first-order valence-corrected chi connectivity index (χ1v) is 10.2. The third-order valence-corrected chi connectivity index (χ3v) is 6.49. The van der Waals surface area contributed by atoms with E-state index in [1.165, 1.54) is 4.31 Å². The third kappa shape index (κ3) is 4.11. The Bertz CT molecular complexity index is 833. The van der Waals surface area contributed by atoms with Gasteiger partial charge in [0.1, 0.15) is 6.04 Å². The van der Waals surface area contributed by atoms with E-state index in [1.807, 2.05) is 20.8 Å². The number of nitrogens with zero attached hydrogens (tertiary/aromatic N) is 4. The van der Waals surface area contributed by atoms with Crippen molar-refractivity contribution >= 4 is 10.2 Å². The van der Waals surface area contributed by atoms with E-state index in [4.69, 9.17) is 4.52 Å². The van der Waals surface area contributed by atoms with E-state index in [9.17, 15) is 8.42 Å². The molecular weight excluding hydrogens is 354 g/mol. The van der Waals surface area contributed by atoms with Crippen LogP contribution in [0.2, 0.25) is 0 Å². The molecule has 1 N–H and O–H groups in total. The molecule has 142 valence electrons. The smallest absolute Gasteiger partial charge is 0.280 e. The SMILES string of the molecule is CC(C)C(NS(=O)(=O)N(C)C(C)C1CC1)c1nc(-c2ccncc2)no1. The fraction of sp³-hybridized carbons (Fsp3) is 0.588. The number of nitrogens with one attached hydrogen (secondary N) is 1. The predicted octanol–water partition coefficient (Wildman–Crippen LogP) is 2.39. The molecule has 1 saturated carbocycles. The summed E-state index contributed by atoms with van der Waals surface area (Å²) in [5.41, 5.74) is 0.764. The van der Waals surface area contributed by atoms with E-state index in [0.717, 1.165) is 18.4 Å². The van der Waals surface area contributed by atoms with Crippen molar-refractivity contribution in [2.75, 3.05) is 7.05 Å². The molecule has 9 heteroatoms. The summed E-state index contributed by atoms with van der Waals surface area (Å²) >= 11 is 0. The Kier molecular flexibility index (Phi) is 5.40. The van der Waals surface area contributed by atoms with E-state index in [1.54, 1.807) is 31.6 Å². The normalized spacial score (nSPS) is 17.6. The molecule has 1 fully saturated rings. The average molecular weight is 379 g/mol. The van der Waals surface area contributed by atoms with Crippen molar-refractivity contribution < 1.29 is 12.9 Å². The Morgan fingerprint density at radius 1 is 1.23 bits per heavy atom. The Morgan fingerprint density at radius 3 is 2.46 bits per heavy atom. The van der Waals surface area contributed by atoms with E-state index in [-0.39, 0.29) is 17.9 Å². The maximum absolute atomic E-state index is 12.8. The number of aromatic nitrogens is 3. The molecule has 1 aliphatic rings. The monoisotopic (exact) mass is 379 g/mol. The first-order chi connectivity index (χ1) is 12.3. The molecule has 1 aliphatic carbocycles. The minimum absolute atomic E-state index is 0.0321. The van der Waals surface area contributed by atoms with Crippen LogP contribution in [-0.4, -0.2) is 40.9 Å². The van der Waals surface area contributed by atoms with Crippen molar-refractivity contribution in [1.29, 1.82) is 0 Å². The van der Waals surface area contributed by atoms with Gasteiger partial charge in [-0.25, -0.2) is 0 Å². The van der Waals surface area contributed by atoms with Crippen molar-refractivity contribution in [3.8, 4) is 11.4 Å². The lowest BCUT2D eigenvalue weighted by Gasteiger charge is -2.27. The lowest BCUT2D eigenvalue weighted by molar-refractivity contribution is 0.298. The molecular formula is C17H25N5O3S. The van der Waals surface area contributed by atoms with Gasteiger partial charge in [0.05, 0.1) is 0 Å². The minimum atomic E-state index is -3.67. The Hall–Kier alpha value is -1.84. The fourth-order valence-electron chi connectivity index (χ4n) is 2.79. The summed E-state index contributed by atoms with van der Waals surface area (Å²) in [7, 11) is -2.06. The maximum Gasteiger partial charge on any atom is 0.280 e. The Balaban J connectivity index is 1.80. The van der Waals surface area contributed by atoms with Crippen molar-refractivity contribution in [2.45, 2.75) is 45.7 Å². The molecule has 0 spiro atoms. The van der Waals surface area contributed by atoms with Crippen LogP contribution in [0.25, 0.3) is 11.4 Å². The average Bonchev–Trinajstić information content (AvgIpc) is 3.36. The van der Waals surface area contributed by atoms with Gasteiger partial charge < -0.3 is 4.52 Å². The molecule has 26 heavy (non-hydrogen) atoms. The van der Waals surface area contributed by atoms with E-state index < -0.39 is 16.3 Å². The summed E-state index contributed by atoms with van der Waals surface area (Å²) in [5.74, 6) is 1.05. The van der Waals surface area contributed by atoms with Crippen LogP contribution in [-0.2, 0) is 10.2 Å². The summed E-state index contributed by atoms with van der Waals surface area (Å²) in [6, 6.07) is 2.91. The second kappa shape index (κ2) is 7.42. The van der Waals surface area contributed by atoms with Crippen LogP contribution >= 0.6 is 0 Å². The zero-order valence-corrected chi connectivity index (χ0v) is 16.3. The summed E-state index contributed by atoms with van der Waals surface area (Å²) in [4.78, 5) is 8.35. The van der Waals surface area contributed by atoms with Gasteiger partial charge in [0.15, 0.2) is 0 Å². The maximum atomic E-state index is 12.8. The topological polar surface area (TPSA) is 101 Å². The number of hydrogen-bond acceptors (Lipinski definition) is 6. The molecule has 0 saturated heterocycles. The van der Waals surface area contributed by atoms with Crippen LogP contribution in [0, 0.1) is 11.8 Å². The molecule has 0 amide bonds. The van der Waals surface area contributed by atoms with Crippen molar-refractivity contribution in [3.05, 3.63) is 30.4 Å². The molecule has 3 rings (SSSR count). The summed E-state index contributed by atoms with van der Waals surface area (Å²) in [6.45, 7) is 5.76. The third-order valence-electron chi connectivity index (χ3n) is 4.85. The van der Waals surface area contributed by atoms with Gasteiger partial charge in [-0.05, 0) is 43.7 Å². The van der Waals surface area contributed by atoms with Crippen molar-refractivity contribution in [1.82, 2.24) is 24.2 Å². The van der Waals surface area contributed by atoms with Gasteiger partial charge >= 0.3 is 0 Å². The summed E-state index contributed by atoms with van der Waals surface area (Å²) < 4.78 is 35.1. The molecule has 2 heterocycles. The van der Waals surface area contributed by atoms with Crippen molar-refractivity contribution in [3.63, 3.8) is 0 Å². The first kappa shape index (κ1) is 18.9. The summed E-state index contributed by atoms with van der Waals surface area (Å²) in [5, 5.41) is 3.98. The highest BCUT2D eigenvalue weighted by Crippen LogP contribution is 2.35. The molecule has 2 aromatic heterocycles. The molecule has 0 aromatic carbocycles. The van der Waals surface area contributed by atoms with Gasteiger partial charge in [-0.15, -0.1) is 0 Å². The first-order valence-electron chi connectivity index (χ1n) is 8.79. The quantitative estimate of drug-likeness (QED) is 0.756. The Labute approximate surface area is 154 Å². The van der Waals surface area contributed by atoms with Crippen LogP contribution in [0.1, 0.15) is 45.5 Å². The van der Waals surface area contributed by atoms with Crippen LogP contribution in [0.3, 0.4) is 0 Å². The highest BCUT2D eigenvalue weighted by molar-refractivity contribution is 7.87. The molecule has 0 bridgehead atoms. The van der Waals surface area contributed by atoms with Gasteiger partial charge in [-0.3, -0.25) is 4.98 Å². The minimum Gasteiger partial charge on any atom is -0.337 e.